The van der Waals surface area contributed by atoms with E-state index in [1.54, 1.807) is 44.6 Å². The van der Waals surface area contributed by atoms with Gasteiger partial charge in [0, 0.05) is 10.6 Å². The molecule has 3 rings (SSSR count). The van der Waals surface area contributed by atoms with Crippen LogP contribution in [-0.4, -0.2) is 24.4 Å². The fourth-order valence-electron chi connectivity index (χ4n) is 2.21. The maximum absolute atomic E-state index is 6.11. The zero-order valence-electron chi connectivity index (χ0n) is 13.5. The summed E-state index contributed by atoms with van der Waals surface area (Å²) in [6, 6.07) is 10.5. The standard InChI is InChI=1S/C17H15Cl2N3O3/c1-23-14-6-3-10(7-15(14)24-2)17-22-21-16(25-17)9-20-13-8-11(18)4-5-12(13)19/h3-8,20H,9H2,1-2H3. The lowest BCUT2D eigenvalue weighted by atomic mass is 10.2. The molecule has 2 aromatic carbocycles. The molecule has 0 saturated carbocycles. The van der Waals surface area contributed by atoms with Crippen molar-refractivity contribution in [2.75, 3.05) is 19.5 Å². The highest BCUT2D eigenvalue weighted by atomic mass is 35.5. The molecule has 130 valence electrons. The maximum Gasteiger partial charge on any atom is 0.247 e. The normalized spacial score (nSPS) is 10.6. The summed E-state index contributed by atoms with van der Waals surface area (Å²) >= 11 is 12.1. The zero-order valence-corrected chi connectivity index (χ0v) is 15.1. The van der Waals surface area contributed by atoms with Gasteiger partial charge in [0.05, 0.1) is 31.5 Å². The molecule has 6 nitrogen and oxygen atoms in total. The number of halogens is 2. The molecule has 8 heteroatoms. The number of benzene rings is 2. The van der Waals surface area contributed by atoms with Crippen LogP contribution < -0.4 is 14.8 Å². The molecule has 0 spiro atoms. The first-order chi connectivity index (χ1) is 12.1. The lowest BCUT2D eigenvalue weighted by molar-refractivity contribution is 0.355. The van der Waals surface area contributed by atoms with Gasteiger partial charge in [-0.25, -0.2) is 0 Å². The Balaban J connectivity index is 1.75. The van der Waals surface area contributed by atoms with Crippen molar-refractivity contribution < 1.29 is 13.9 Å². The van der Waals surface area contributed by atoms with Gasteiger partial charge in [-0.3, -0.25) is 0 Å². The van der Waals surface area contributed by atoms with Gasteiger partial charge in [-0.05, 0) is 36.4 Å². The second kappa shape index (κ2) is 7.63. The Labute approximate surface area is 154 Å². The average Bonchev–Trinajstić information content (AvgIpc) is 3.11. The van der Waals surface area contributed by atoms with Gasteiger partial charge in [0.1, 0.15) is 0 Å². The molecule has 0 bridgehead atoms. The Morgan fingerprint density at radius 2 is 1.80 bits per heavy atom. The molecule has 0 radical (unpaired) electrons. The first-order valence-corrected chi connectivity index (χ1v) is 8.10. The van der Waals surface area contributed by atoms with Crippen LogP contribution in [0.5, 0.6) is 11.5 Å². The minimum absolute atomic E-state index is 0.320. The lowest BCUT2D eigenvalue weighted by Gasteiger charge is -2.07. The van der Waals surface area contributed by atoms with Crippen molar-refractivity contribution in [2.24, 2.45) is 0 Å². The van der Waals surface area contributed by atoms with E-state index in [4.69, 9.17) is 37.1 Å². The molecule has 0 unspecified atom stereocenters. The van der Waals surface area contributed by atoms with E-state index in [2.05, 4.69) is 15.5 Å². The number of ether oxygens (including phenoxy) is 2. The Morgan fingerprint density at radius 3 is 2.56 bits per heavy atom. The molecule has 0 amide bonds. The van der Waals surface area contributed by atoms with E-state index in [-0.39, 0.29) is 0 Å². The van der Waals surface area contributed by atoms with Gasteiger partial charge in [-0.2, -0.15) is 0 Å². The highest BCUT2D eigenvalue weighted by Crippen LogP contribution is 2.32. The summed E-state index contributed by atoms with van der Waals surface area (Å²) in [5.74, 6) is 2.02. The van der Waals surface area contributed by atoms with E-state index < -0.39 is 0 Å². The fourth-order valence-corrected chi connectivity index (χ4v) is 2.57. The topological polar surface area (TPSA) is 69.4 Å². The van der Waals surface area contributed by atoms with Crippen LogP contribution in [0, 0.1) is 0 Å². The van der Waals surface area contributed by atoms with E-state index in [1.165, 1.54) is 0 Å². The smallest absolute Gasteiger partial charge is 0.247 e. The van der Waals surface area contributed by atoms with Crippen LogP contribution >= 0.6 is 23.2 Å². The van der Waals surface area contributed by atoms with Gasteiger partial charge >= 0.3 is 0 Å². The summed E-state index contributed by atoms with van der Waals surface area (Å²) in [5.41, 5.74) is 1.43. The first kappa shape index (κ1) is 17.4. The molecule has 3 aromatic rings. The van der Waals surface area contributed by atoms with Crippen molar-refractivity contribution in [1.29, 1.82) is 0 Å². The van der Waals surface area contributed by atoms with Crippen LogP contribution in [0.15, 0.2) is 40.8 Å². The average molecular weight is 380 g/mol. The van der Waals surface area contributed by atoms with Gasteiger partial charge in [-0.15, -0.1) is 10.2 Å². The predicted molar refractivity (Wildman–Crippen MR) is 96.6 cm³/mol. The van der Waals surface area contributed by atoms with Gasteiger partial charge in [0.2, 0.25) is 11.8 Å². The summed E-state index contributed by atoms with van der Waals surface area (Å²) in [5, 5.41) is 12.4. The van der Waals surface area contributed by atoms with E-state index in [0.717, 1.165) is 5.56 Å². The van der Waals surface area contributed by atoms with Crippen molar-refractivity contribution in [1.82, 2.24) is 10.2 Å². The Bertz CT molecular complexity index is 883. The zero-order chi connectivity index (χ0) is 17.8. The third kappa shape index (κ3) is 3.97. The molecule has 0 aliphatic rings. The molecule has 25 heavy (non-hydrogen) atoms. The monoisotopic (exact) mass is 379 g/mol. The molecule has 0 saturated heterocycles. The number of nitrogens with one attached hydrogen (secondary N) is 1. The molecular formula is C17H15Cl2N3O3. The molecule has 0 aliphatic heterocycles. The fraction of sp³-hybridized carbons (Fsp3) is 0.176. The van der Waals surface area contributed by atoms with Crippen molar-refractivity contribution in [3.8, 4) is 23.0 Å². The number of hydrogen-bond donors (Lipinski definition) is 1. The number of rotatable bonds is 6. The van der Waals surface area contributed by atoms with E-state index in [9.17, 15) is 0 Å². The summed E-state index contributed by atoms with van der Waals surface area (Å²) in [4.78, 5) is 0. The first-order valence-electron chi connectivity index (χ1n) is 7.34. The predicted octanol–water partition coefficient (Wildman–Crippen LogP) is 4.67. The molecule has 0 atom stereocenters. The summed E-state index contributed by atoms with van der Waals surface area (Å²) in [6.45, 7) is 0.320. The van der Waals surface area contributed by atoms with Crippen LogP contribution in [0.4, 0.5) is 5.69 Å². The Hall–Kier alpha value is -2.44. The Morgan fingerprint density at radius 1 is 1.00 bits per heavy atom. The molecule has 1 N–H and O–H groups in total. The number of nitrogens with zero attached hydrogens (tertiary/aromatic N) is 2. The highest BCUT2D eigenvalue weighted by Gasteiger charge is 2.12. The molecular weight excluding hydrogens is 365 g/mol. The van der Waals surface area contributed by atoms with E-state index in [0.29, 0.717) is 45.6 Å². The number of anilines is 1. The molecule has 0 fully saturated rings. The summed E-state index contributed by atoms with van der Waals surface area (Å²) in [7, 11) is 3.15. The Kier molecular flexibility index (Phi) is 5.31. The second-order valence-corrected chi connectivity index (χ2v) is 5.89. The van der Waals surface area contributed by atoms with Gasteiger partial charge < -0.3 is 19.2 Å². The minimum atomic E-state index is 0.320. The van der Waals surface area contributed by atoms with Gasteiger partial charge in [0.15, 0.2) is 11.5 Å². The van der Waals surface area contributed by atoms with Crippen molar-refractivity contribution >= 4 is 28.9 Å². The largest absolute Gasteiger partial charge is 0.493 e. The SMILES string of the molecule is COc1ccc(-c2nnc(CNc3cc(Cl)ccc3Cl)o2)cc1OC. The van der Waals surface area contributed by atoms with E-state index >= 15 is 0 Å². The lowest BCUT2D eigenvalue weighted by Crippen LogP contribution is -2.00. The van der Waals surface area contributed by atoms with Crippen LogP contribution in [0.3, 0.4) is 0 Å². The summed E-state index contributed by atoms with van der Waals surface area (Å²) < 4.78 is 16.2. The van der Waals surface area contributed by atoms with Crippen LogP contribution in [0.25, 0.3) is 11.5 Å². The molecule has 1 heterocycles. The van der Waals surface area contributed by atoms with Gasteiger partial charge in [0.25, 0.3) is 0 Å². The number of methoxy groups -OCH3 is 2. The maximum atomic E-state index is 6.11. The summed E-state index contributed by atoms with van der Waals surface area (Å²) in [6.07, 6.45) is 0. The second-order valence-electron chi connectivity index (χ2n) is 5.05. The van der Waals surface area contributed by atoms with Crippen molar-refractivity contribution in [2.45, 2.75) is 6.54 Å². The van der Waals surface area contributed by atoms with E-state index in [1.807, 2.05) is 6.07 Å². The molecule has 1 aromatic heterocycles. The van der Waals surface area contributed by atoms with Crippen molar-refractivity contribution in [3.63, 3.8) is 0 Å². The third-order valence-electron chi connectivity index (χ3n) is 3.46. The highest BCUT2D eigenvalue weighted by molar-refractivity contribution is 6.35. The quantitative estimate of drug-likeness (QED) is 0.670. The van der Waals surface area contributed by atoms with Crippen LogP contribution in [0.2, 0.25) is 10.0 Å². The number of aromatic nitrogens is 2. The minimum Gasteiger partial charge on any atom is -0.493 e. The van der Waals surface area contributed by atoms with Crippen LogP contribution in [-0.2, 0) is 6.54 Å². The number of hydrogen-bond acceptors (Lipinski definition) is 6. The van der Waals surface area contributed by atoms with Crippen LogP contribution in [0.1, 0.15) is 5.89 Å². The third-order valence-corrected chi connectivity index (χ3v) is 4.02. The molecule has 0 aliphatic carbocycles. The van der Waals surface area contributed by atoms with Gasteiger partial charge in [-0.1, -0.05) is 23.2 Å². The van der Waals surface area contributed by atoms with Crippen molar-refractivity contribution in [3.05, 3.63) is 52.3 Å².